The van der Waals surface area contributed by atoms with Gasteiger partial charge in [-0.15, -0.1) is 0 Å². The molecule has 1 aromatic heterocycles. The molecule has 1 unspecified atom stereocenters. The number of rotatable bonds is 3. The summed E-state index contributed by atoms with van der Waals surface area (Å²) in [5.74, 6) is 1.07. The summed E-state index contributed by atoms with van der Waals surface area (Å²) in [5.41, 5.74) is 2.86. The molecule has 2 aromatic rings. The van der Waals surface area contributed by atoms with Crippen molar-refractivity contribution in [3.05, 3.63) is 36.3 Å². The van der Waals surface area contributed by atoms with Gasteiger partial charge in [0.15, 0.2) is 0 Å². The number of morpholine rings is 1. The number of amides is 1. The third-order valence-electron chi connectivity index (χ3n) is 4.58. The first-order chi connectivity index (χ1) is 11.8. The molecule has 1 atom stereocenters. The lowest BCUT2D eigenvalue weighted by atomic mass is 10.1. The van der Waals surface area contributed by atoms with Gasteiger partial charge in [-0.1, -0.05) is 12.1 Å². The molecule has 24 heavy (non-hydrogen) atoms. The van der Waals surface area contributed by atoms with E-state index >= 15 is 0 Å². The zero-order valence-electron chi connectivity index (χ0n) is 13.6. The van der Waals surface area contributed by atoms with Gasteiger partial charge in [-0.25, -0.2) is 4.98 Å². The number of benzene rings is 1. The van der Waals surface area contributed by atoms with Gasteiger partial charge in [-0.05, 0) is 25.0 Å². The summed E-state index contributed by atoms with van der Waals surface area (Å²) in [7, 11) is 0. The molecule has 2 aliphatic rings. The highest BCUT2D eigenvalue weighted by Crippen LogP contribution is 2.24. The van der Waals surface area contributed by atoms with Gasteiger partial charge in [0.1, 0.15) is 11.9 Å². The van der Waals surface area contributed by atoms with Crippen LogP contribution in [0.1, 0.15) is 18.7 Å². The zero-order chi connectivity index (χ0) is 16.4. The predicted octanol–water partition coefficient (Wildman–Crippen LogP) is 1.81. The van der Waals surface area contributed by atoms with Gasteiger partial charge in [-0.3, -0.25) is 4.79 Å². The van der Waals surface area contributed by atoms with Crippen molar-refractivity contribution < 1.29 is 9.53 Å². The molecule has 4 rings (SSSR count). The van der Waals surface area contributed by atoms with E-state index in [2.05, 4.69) is 21.4 Å². The third kappa shape index (κ3) is 3.20. The maximum atomic E-state index is 12.2. The highest BCUT2D eigenvalue weighted by molar-refractivity contribution is 5.94. The molecule has 0 radical (unpaired) electrons. The molecule has 0 bridgehead atoms. The standard InChI is InChI=1S/C18H22N4O2/c23-18(16-11-19-8-10-24-16)20-14-6-4-13(5-7-14)15-12-22-9-2-1-3-17(22)21-15/h4-7,12,16,19H,1-3,8-11H2,(H,20,23). The van der Waals surface area contributed by atoms with E-state index in [0.717, 1.165) is 36.5 Å². The molecule has 0 spiro atoms. The number of aryl methyl sites for hydroxylation is 2. The Morgan fingerprint density at radius 2 is 2.17 bits per heavy atom. The van der Waals surface area contributed by atoms with Gasteiger partial charge < -0.3 is 19.9 Å². The number of imidazole rings is 1. The summed E-state index contributed by atoms with van der Waals surface area (Å²) in [6, 6.07) is 7.84. The SMILES string of the molecule is O=C(Nc1ccc(-c2cn3c(n2)CCCC3)cc1)C1CNCCO1. The molecule has 1 saturated heterocycles. The fourth-order valence-corrected chi connectivity index (χ4v) is 3.23. The van der Waals surface area contributed by atoms with Crippen LogP contribution < -0.4 is 10.6 Å². The molecular weight excluding hydrogens is 304 g/mol. The summed E-state index contributed by atoms with van der Waals surface area (Å²) in [6.45, 7) is 2.99. The summed E-state index contributed by atoms with van der Waals surface area (Å²) < 4.78 is 7.72. The second-order valence-electron chi connectivity index (χ2n) is 6.32. The molecular formula is C18H22N4O2. The van der Waals surface area contributed by atoms with Crippen LogP contribution in [-0.4, -0.2) is 41.3 Å². The minimum absolute atomic E-state index is 0.104. The van der Waals surface area contributed by atoms with Crippen molar-refractivity contribution in [2.24, 2.45) is 0 Å². The lowest BCUT2D eigenvalue weighted by Gasteiger charge is -2.22. The van der Waals surface area contributed by atoms with Crippen molar-refractivity contribution in [2.75, 3.05) is 25.0 Å². The molecule has 6 nitrogen and oxygen atoms in total. The molecule has 1 fully saturated rings. The molecule has 1 aromatic carbocycles. The monoisotopic (exact) mass is 326 g/mol. The number of anilines is 1. The van der Waals surface area contributed by atoms with E-state index in [9.17, 15) is 4.79 Å². The number of carbonyl (C=O) groups excluding carboxylic acids is 1. The zero-order valence-corrected chi connectivity index (χ0v) is 13.6. The van der Waals surface area contributed by atoms with Crippen LogP contribution in [0.15, 0.2) is 30.5 Å². The molecule has 0 saturated carbocycles. The minimum Gasteiger partial charge on any atom is -0.366 e. The van der Waals surface area contributed by atoms with Gasteiger partial charge >= 0.3 is 0 Å². The Balaban J connectivity index is 1.44. The number of hydrogen-bond acceptors (Lipinski definition) is 4. The molecule has 0 aliphatic carbocycles. The Morgan fingerprint density at radius 3 is 2.92 bits per heavy atom. The molecule has 1 amide bonds. The number of nitrogens with zero attached hydrogens (tertiary/aromatic N) is 2. The van der Waals surface area contributed by atoms with E-state index < -0.39 is 6.10 Å². The number of carbonyl (C=O) groups is 1. The van der Waals surface area contributed by atoms with Crippen LogP contribution in [0.25, 0.3) is 11.3 Å². The molecule has 2 N–H and O–H groups in total. The third-order valence-corrected chi connectivity index (χ3v) is 4.58. The Bertz CT molecular complexity index is 694. The van der Waals surface area contributed by atoms with E-state index in [-0.39, 0.29) is 5.91 Å². The van der Waals surface area contributed by atoms with Gasteiger partial charge in [0, 0.05) is 43.5 Å². The van der Waals surface area contributed by atoms with Crippen LogP contribution in [-0.2, 0) is 22.5 Å². The Labute approximate surface area is 141 Å². The minimum atomic E-state index is -0.418. The Hall–Kier alpha value is -2.18. The van der Waals surface area contributed by atoms with Gasteiger partial charge in [-0.2, -0.15) is 0 Å². The average Bonchev–Trinajstić information content (AvgIpc) is 3.07. The first kappa shape index (κ1) is 15.4. The fraction of sp³-hybridized carbons (Fsp3) is 0.444. The number of aromatic nitrogens is 2. The highest BCUT2D eigenvalue weighted by atomic mass is 16.5. The molecule has 6 heteroatoms. The lowest BCUT2D eigenvalue weighted by Crippen LogP contribution is -2.45. The van der Waals surface area contributed by atoms with Gasteiger partial charge in [0.25, 0.3) is 5.91 Å². The second kappa shape index (κ2) is 6.75. The topological polar surface area (TPSA) is 68.2 Å². The summed E-state index contributed by atoms with van der Waals surface area (Å²) in [6.07, 6.45) is 5.22. The van der Waals surface area contributed by atoms with Crippen molar-refractivity contribution in [3.63, 3.8) is 0 Å². The van der Waals surface area contributed by atoms with Crippen LogP contribution in [0.2, 0.25) is 0 Å². The fourth-order valence-electron chi connectivity index (χ4n) is 3.23. The van der Waals surface area contributed by atoms with Crippen molar-refractivity contribution in [2.45, 2.75) is 31.9 Å². The first-order valence-electron chi connectivity index (χ1n) is 8.59. The van der Waals surface area contributed by atoms with Crippen molar-refractivity contribution in [1.29, 1.82) is 0 Å². The predicted molar refractivity (Wildman–Crippen MR) is 91.8 cm³/mol. The van der Waals surface area contributed by atoms with Crippen molar-refractivity contribution >= 4 is 11.6 Å². The highest BCUT2D eigenvalue weighted by Gasteiger charge is 2.21. The van der Waals surface area contributed by atoms with Crippen LogP contribution in [0.3, 0.4) is 0 Å². The number of fused-ring (bicyclic) bond motifs is 1. The largest absolute Gasteiger partial charge is 0.366 e. The smallest absolute Gasteiger partial charge is 0.254 e. The normalized spacial score (nSPS) is 20.4. The van der Waals surface area contributed by atoms with E-state index in [0.29, 0.717) is 13.2 Å². The van der Waals surface area contributed by atoms with E-state index in [4.69, 9.17) is 9.72 Å². The van der Waals surface area contributed by atoms with Crippen LogP contribution in [0.5, 0.6) is 0 Å². The average molecular weight is 326 g/mol. The maximum Gasteiger partial charge on any atom is 0.254 e. The van der Waals surface area contributed by atoms with E-state index in [1.54, 1.807) is 0 Å². The number of ether oxygens (including phenoxy) is 1. The Morgan fingerprint density at radius 1 is 1.29 bits per heavy atom. The molecule has 3 heterocycles. The van der Waals surface area contributed by atoms with Gasteiger partial charge in [0.2, 0.25) is 0 Å². The van der Waals surface area contributed by atoms with Crippen LogP contribution in [0, 0.1) is 0 Å². The van der Waals surface area contributed by atoms with Crippen LogP contribution in [0.4, 0.5) is 5.69 Å². The first-order valence-corrected chi connectivity index (χ1v) is 8.59. The summed E-state index contributed by atoms with van der Waals surface area (Å²) in [4.78, 5) is 16.9. The van der Waals surface area contributed by atoms with Crippen molar-refractivity contribution in [3.8, 4) is 11.3 Å². The second-order valence-corrected chi connectivity index (χ2v) is 6.32. The molecule has 126 valence electrons. The number of nitrogens with one attached hydrogen (secondary N) is 2. The van der Waals surface area contributed by atoms with Gasteiger partial charge in [0.05, 0.1) is 12.3 Å². The Kier molecular flexibility index (Phi) is 4.32. The number of hydrogen-bond donors (Lipinski definition) is 2. The van der Waals surface area contributed by atoms with Crippen molar-refractivity contribution in [1.82, 2.24) is 14.9 Å². The van der Waals surface area contributed by atoms with E-state index in [1.165, 1.54) is 18.7 Å². The maximum absolute atomic E-state index is 12.2. The van der Waals surface area contributed by atoms with E-state index in [1.807, 2.05) is 24.3 Å². The lowest BCUT2D eigenvalue weighted by molar-refractivity contribution is -0.128. The molecule has 2 aliphatic heterocycles. The summed E-state index contributed by atoms with van der Waals surface area (Å²) >= 11 is 0. The summed E-state index contributed by atoms with van der Waals surface area (Å²) in [5, 5.41) is 6.07. The van der Waals surface area contributed by atoms with Crippen LogP contribution >= 0.6 is 0 Å². The quantitative estimate of drug-likeness (QED) is 0.903.